The average molecular weight is 1110 g/mol. The minimum absolute atomic E-state index is 0. The van der Waals surface area contributed by atoms with Crippen LogP contribution in [0.1, 0.15) is 49.1 Å². The van der Waals surface area contributed by atoms with Gasteiger partial charge in [0.05, 0.1) is 0 Å². The molecule has 0 N–H and O–H groups in total. The predicted molar refractivity (Wildman–Crippen MR) is 196 cm³/mol. The molecule has 0 bridgehead atoms. The van der Waals surface area contributed by atoms with E-state index in [4.69, 9.17) is 35.4 Å². The van der Waals surface area contributed by atoms with Gasteiger partial charge in [0.15, 0.2) is 32.6 Å². The summed E-state index contributed by atoms with van der Waals surface area (Å²) in [7, 11) is -12.2. The summed E-state index contributed by atoms with van der Waals surface area (Å²) in [5.41, 5.74) is -9.11. The van der Waals surface area contributed by atoms with Crippen LogP contribution in [-0.4, -0.2) is 112 Å². The van der Waals surface area contributed by atoms with Crippen LogP contribution in [0.2, 0.25) is 0 Å². The summed E-state index contributed by atoms with van der Waals surface area (Å²) in [6.07, 6.45) is 26.8. The quantitative estimate of drug-likeness (QED) is 0.0942. The van der Waals surface area contributed by atoms with Crippen LogP contribution in [0.25, 0.3) is 0 Å². The molecular weight excluding hydrogens is 1070 g/mol. The number of alkyl halides is 6. The Balaban J connectivity index is 0.000000397. The van der Waals surface area contributed by atoms with Crippen molar-refractivity contribution < 1.29 is 107 Å². The van der Waals surface area contributed by atoms with E-state index in [1.165, 1.54) is 25.7 Å². The zero-order chi connectivity index (χ0) is 44.1. The molecular formula is C34H38Ag2F6N10O8S2. The minimum atomic E-state index is -6.09. The Bertz CT molecular complexity index is 1980. The monoisotopic (exact) mass is 1110 g/mol. The number of pyridine rings is 2. The molecule has 2 saturated heterocycles. The molecule has 0 unspecified atom stereocenters. The van der Waals surface area contributed by atoms with Crippen molar-refractivity contribution in [2.24, 2.45) is 0 Å². The third-order valence-corrected chi connectivity index (χ3v) is 8.47. The van der Waals surface area contributed by atoms with Gasteiger partial charge in [-0.05, 0) is 74.2 Å². The fourth-order valence-electron chi connectivity index (χ4n) is 4.65. The third-order valence-electron chi connectivity index (χ3n) is 7.33. The Morgan fingerprint density at radius 1 is 0.484 bits per heavy atom. The fourth-order valence-corrected chi connectivity index (χ4v) is 4.65. The Morgan fingerprint density at radius 2 is 0.710 bits per heavy atom. The van der Waals surface area contributed by atoms with E-state index in [0.717, 1.165) is 37.6 Å². The Hall–Kier alpha value is -4.06. The Kier molecular flexibility index (Phi) is 25.2. The van der Waals surface area contributed by atoms with Gasteiger partial charge in [0.2, 0.25) is 0 Å². The molecule has 0 aromatic carbocycles. The van der Waals surface area contributed by atoms with Gasteiger partial charge < -0.3 is 18.6 Å². The number of hydrogen-bond acceptors (Lipinski definition) is 14. The minimum Gasteiger partial charge on any atom is -0.741 e. The van der Waals surface area contributed by atoms with E-state index in [-0.39, 0.29) is 57.1 Å². The first-order valence-electron chi connectivity index (χ1n) is 17.4. The molecule has 0 atom stereocenters. The second-order valence-electron chi connectivity index (χ2n) is 11.7. The first-order valence-corrected chi connectivity index (χ1v) is 20.2. The van der Waals surface area contributed by atoms with Gasteiger partial charge in [-0.3, -0.25) is 9.97 Å². The number of halogens is 6. The van der Waals surface area contributed by atoms with Crippen LogP contribution in [-0.2, 0) is 74.5 Å². The second kappa shape index (κ2) is 27.9. The van der Waals surface area contributed by atoms with Crippen LogP contribution in [0.3, 0.4) is 0 Å². The van der Waals surface area contributed by atoms with Crippen LogP contribution in [0, 0.1) is 0 Å². The van der Waals surface area contributed by atoms with Gasteiger partial charge in [-0.2, -0.15) is 46.7 Å². The molecule has 18 nitrogen and oxygen atoms in total. The average Bonchev–Trinajstić information content (AvgIpc) is 4.06. The van der Waals surface area contributed by atoms with Crippen LogP contribution in [0.15, 0.2) is 123 Å². The van der Waals surface area contributed by atoms with Crippen molar-refractivity contribution in [1.29, 1.82) is 0 Å². The van der Waals surface area contributed by atoms with Gasteiger partial charge in [-0.1, -0.05) is 0 Å². The summed E-state index contributed by atoms with van der Waals surface area (Å²) in [6, 6.07) is 15.5. The van der Waals surface area contributed by atoms with E-state index in [1.54, 1.807) is 49.6 Å². The van der Waals surface area contributed by atoms with Gasteiger partial charge in [0, 0.05) is 112 Å². The molecule has 2 aliphatic heterocycles. The Labute approximate surface area is 383 Å². The molecule has 0 saturated carbocycles. The summed E-state index contributed by atoms with van der Waals surface area (Å²) in [5.74, 6) is 0. The largest absolute Gasteiger partial charge is 1.00 e. The van der Waals surface area contributed by atoms with Gasteiger partial charge in [-0.15, -0.1) is 0 Å². The van der Waals surface area contributed by atoms with Crippen molar-refractivity contribution >= 4 is 20.2 Å². The van der Waals surface area contributed by atoms with E-state index in [2.05, 4.69) is 30.4 Å². The van der Waals surface area contributed by atoms with E-state index in [1.807, 2.05) is 92.0 Å². The molecule has 348 valence electrons. The zero-order valence-electron chi connectivity index (χ0n) is 31.8. The van der Waals surface area contributed by atoms with E-state index < -0.39 is 31.3 Å². The van der Waals surface area contributed by atoms with E-state index in [0.29, 0.717) is 0 Å². The molecule has 62 heavy (non-hydrogen) atoms. The van der Waals surface area contributed by atoms with Crippen LogP contribution < -0.4 is 0 Å². The van der Waals surface area contributed by atoms with Crippen LogP contribution >= 0.6 is 0 Å². The number of nitrogens with zero attached hydrogens (tertiary/aromatic N) is 10. The molecule has 2 fully saturated rings. The predicted octanol–water partition coefficient (Wildman–Crippen LogP) is 4.83. The van der Waals surface area contributed by atoms with Crippen molar-refractivity contribution in [3.8, 4) is 0 Å². The molecule has 0 radical (unpaired) electrons. The second-order valence-corrected chi connectivity index (χ2v) is 14.4. The molecule has 28 heteroatoms. The van der Waals surface area contributed by atoms with Crippen LogP contribution in [0.4, 0.5) is 26.3 Å². The molecule has 8 heterocycles. The molecule has 0 aliphatic carbocycles. The normalized spacial score (nSPS) is 13.5. The van der Waals surface area contributed by atoms with Gasteiger partial charge in [0.1, 0.15) is 0 Å². The van der Waals surface area contributed by atoms with Crippen molar-refractivity contribution in [3.63, 3.8) is 0 Å². The fraction of sp³-hybridized carbons (Fsp3) is 0.353. The summed E-state index contributed by atoms with van der Waals surface area (Å²) < 4.78 is 135. The topological polar surface area (TPSA) is 230 Å². The summed E-state index contributed by atoms with van der Waals surface area (Å²) >= 11 is 0. The maximum Gasteiger partial charge on any atom is 1.00 e. The molecule has 8 rings (SSSR count). The molecule has 0 spiro atoms. The summed E-state index contributed by atoms with van der Waals surface area (Å²) in [6.45, 7) is 4.00. The summed E-state index contributed by atoms with van der Waals surface area (Å²) in [5, 5.41) is 17.1. The first kappa shape index (κ1) is 56.0. The number of hydrogen-bond donors (Lipinski definition) is 0. The zero-order valence-corrected chi connectivity index (χ0v) is 36.4. The molecule has 0 amide bonds. The van der Waals surface area contributed by atoms with Crippen LogP contribution in [0.5, 0.6) is 0 Å². The third kappa shape index (κ3) is 20.0. The van der Waals surface area contributed by atoms with E-state index in [9.17, 15) is 26.3 Å². The van der Waals surface area contributed by atoms with Gasteiger partial charge >= 0.3 is 55.8 Å². The van der Waals surface area contributed by atoms with Crippen molar-refractivity contribution in [2.75, 3.05) is 26.4 Å². The van der Waals surface area contributed by atoms with Gasteiger partial charge in [-0.25, -0.2) is 35.6 Å². The van der Waals surface area contributed by atoms with Crippen molar-refractivity contribution in [1.82, 2.24) is 49.1 Å². The first-order chi connectivity index (χ1) is 28.4. The molecule has 2 aliphatic rings. The number of rotatable bonds is 6. The number of ether oxygens (including phenoxy) is 2. The standard InChI is InChI=1S/2C12H11N5.2C4H8O.2CHF3O3S.2Ag/c2*1-5-14-16(9-1)12(17-10-2-6-15-17)11-3-7-13-8-4-11;2*1-2-4-5-3-1;2*2-1(3,4)8(5,6)7;;/h2*1-10,12H;2*1-4H2;2*(H,5,6,7);;/q;;;;;;2*+1/p-2. The Morgan fingerprint density at radius 3 is 0.855 bits per heavy atom. The number of aromatic nitrogens is 10. The summed E-state index contributed by atoms with van der Waals surface area (Å²) in [4.78, 5) is 8.06. The maximum absolute atomic E-state index is 10.7. The van der Waals surface area contributed by atoms with Crippen molar-refractivity contribution in [3.05, 3.63) is 134 Å². The SMILES string of the molecule is C1CCOC1.C1CCOC1.O=S(=O)([O-])C(F)(F)F.O=S(=O)([O-])C(F)(F)F.[Ag+].[Ag+].c1cnn(C(c2ccncc2)n2cccn2)c1.c1cnn(C(c2ccncc2)n2cccn2)c1. The van der Waals surface area contributed by atoms with E-state index >= 15 is 0 Å². The van der Waals surface area contributed by atoms with Crippen molar-refractivity contribution in [2.45, 2.75) is 49.0 Å². The smallest absolute Gasteiger partial charge is 0.741 e. The molecule has 6 aromatic rings. The maximum atomic E-state index is 10.7. The molecule has 6 aromatic heterocycles. The van der Waals surface area contributed by atoms with Gasteiger partial charge in [0.25, 0.3) is 0 Å².